The fourth-order valence-corrected chi connectivity index (χ4v) is 7.85. The van der Waals surface area contributed by atoms with E-state index in [2.05, 4.69) is 44.0 Å². The standard InChI is InChI=1S/C55H96N4O9/c1-8-9-10-11-12-13-16-22-28-33-44-68-55(65)49(39-40-51(61)66-42-31-26-21-17-18-23-27-32-43-67-54(64)48-37-35-45(2)36-38-48)58-53(63)47(4)57-52(62)46(3)56-50(60)34-29-24-19-14-15-20-25-30-41-59(5,6)7/h35-38,46-47,49H,8-34,39-44H2,1-7H3,(H2-,56,57,58,60,62,63)/p+1/t46-,47+,49-/m0/s1. The smallest absolute Gasteiger partial charge is 0.338 e. The SMILES string of the molecule is CCCCCCCCCCCCOC(=O)[C@H](CCC(=O)OCCCCCCCCCCOC(=O)c1ccc(C)cc1)NC(=O)[C@@H](C)NC(=O)[C@H](C)NC(=O)CCCCCCCCCC[N+](C)(C)C. The van der Waals surface area contributed by atoms with Gasteiger partial charge in [-0.15, -0.1) is 0 Å². The number of nitrogens with zero attached hydrogens (tertiary/aromatic N) is 1. The molecule has 0 aliphatic rings. The molecule has 0 bridgehead atoms. The number of carbonyl (C=O) groups excluding carboxylic acids is 6. The molecule has 68 heavy (non-hydrogen) atoms. The van der Waals surface area contributed by atoms with Crippen molar-refractivity contribution in [2.24, 2.45) is 0 Å². The minimum absolute atomic E-state index is 0.00338. The van der Waals surface area contributed by atoms with Crippen LogP contribution in [-0.2, 0) is 38.2 Å². The Morgan fingerprint density at radius 2 is 0.926 bits per heavy atom. The van der Waals surface area contributed by atoms with Crippen LogP contribution in [0.1, 0.15) is 223 Å². The van der Waals surface area contributed by atoms with Crippen LogP contribution < -0.4 is 16.0 Å². The third-order valence-corrected chi connectivity index (χ3v) is 12.3. The van der Waals surface area contributed by atoms with Crippen molar-refractivity contribution in [2.75, 3.05) is 47.5 Å². The zero-order chi connectivity index (χ0) is 50.3. The van der Waals surface area contributed by atoms with Gasteiger partial charge in [0.1, 0.15) is 18.1 Å². The predicted molar refractivity (Wildman–Crippen MR) is 273 cm³/mol. The summed E-state index contributed by atoms with van der Waals surface area (Å²) in [6.07, 6.45) is 28.4. The molecule has 0 fully saturated rings. The molecule has 0 saturated carbocycles. The molecule has 0 spiro atoms. The highest BCUT2D eigenvalue weighted by atomic mass is 16.5. The minimum atomic E-state index is -1.09. The number of ether oxygens (including phenoxy) is 3. The van der Waals surface area contributed by atoms with E-state index >= 15 is 0 Å². The van der Waals surface area contributed by atoms with Crippen LogP contribution in [0.25, 0.3) is 0 Å². The molecule has 0 aromatic heterocycles. The molecule has 1 aromatic carbocycles. The first-order valence-corrected chi connectivity index (χ1v) is 26.9. The van der Waals surface area contributed by atoms with E-state index in [-0.39, 0.29) is 37.9 Å². The van der Waals surface area contributed by atoms with E-state index in [0.29, 0.717) is 25.0 Å². The van der Waals surface area contributed by atoms with E-state index in [1.54, 1.807) is 19.1 Å². The first-order valence-electron chi connectivity index (χ1n) is 26.9. The number of esters is 3. The van der Waals surface area contributed by atoms with Gasteiger partial charge in [-0.2, -0.15) is 0 Å². The number of rotatable bonds is 43. The molecule has 390 valence electrons. The lowest BCUT2D eigenvalue weighted by atomic mass is 10.1. The Hall–Kier alpha value is -4.00. The van der Waals surface area contributed by atoms with Gasteiger partial charge in [0, 0.05) is 12.8 Å². The highest BCUT2D eigenvalue weighted by molar-refractivity contribution is 5.93. The van der Waals surface area contributed by atoms with E-state index in [1.165, 1.54) is 77.7 Å². The van der Waals surface area contributed by atoms with E-state index in [1.807, 2.05) is 19.1 Å². The number of carbonyl (C=O) groups is 6. The molecule has 0 heterocycles. The Labute approximate surface area is 412 Å². The summed E-state index contributed by atoms with van der Waals surface area (Å²) in [4.78, 5) is 77.0. The predicted octanol–water partition coefficient (Wildman–Crippen LogP) is 10.8. The second-order valence-electron chi connectivity index (χ2n) is 20.1. The van der Waals surface area contributed by atoms with E-state index in [9.17, 15) is 28.8 Å². The molecule has 1 rings (SSSR count). The summed E-state index contributed by atoms with van der Waals surface area (Å²) < 4.78 is 17.4. The molecule has 13 heteroatoms. The molecule has 0 aliphatic carbocycles. The average molecular weight is 958 g/mol. The molecule has 3 N–H and O–H groups in total. The number of unbranched alkanes of at least 4 members (excludes halogenated alkanes) is 23. The van der Waals surface area contributed by atoms with Crippen LogP contribution in [0.5, 0.6) is 0 Å². The number of quaternary nitrogens is 1. The number of hydrogen-bond donors (Lipinski definition) is 3. The van der Waals surface area contributed by atoms with Crippen molar-refractivity contribution in [2.45, 2.75) is 232 Å². The van der Waals surface area contributed by atoms with Gasteiger partial charge in [-0.05, 0) is 77.8 Å². The van der Waals surface area contributed by atoms with Gasteiger partial charge in [0.15, 0.2) is 0 Å². The van der Waals surface area contributed by atoms with Gasteiger partial charge in [-0.3, -0.25) is 19.2 Å². The zero-order valence-electron chi connectivity index (χ0n) is 44.0. The maximum absolute atomic E-state index is 13.3. The lowest BCUT2D eigenvalue weighted by Crippen LogP contribution is -2.54. The highest BCUT2D eigenvalue weighted by Crippen LogP contribution is 2.14. The molecule has 0 aliphatic heterocycles. The Balaban J connectivity index is 2.43. The van der Waals surface area contributed by atoms with Gasteiger partial charge in [0.2, 0.25) is 17.7 Å². The maximum atomic E-state index is 13.3. The number of aryl methyl sites for hydroxylation is 1. The summed E-state index contributed by atoms with van der Waals surface area (Å²) in [5.41, 5.74) is 1.68. The largest absolute Gasteiger partial charge is 0.466 e. The molecule has 0 unspecified atom stereocenters. The number of amides is 3. The van der Waals surface area contributed by atoms with Gasteiger partial charge in [0.25, 0.3) is 0 Å². The van der Waals surface area contributed by atoms with Crippen molar-refractivity contribution in [1.29, 1.82) is 0 Å². The molecular weight excluding hydrogens is 861 g/mol. The summed E-state index contributed by atoms with van der Waals surface area (Å²) in [6, 6.07) is 4.43. The Bertz CT molecular complexity index is 1510. The number of nitrogens with one attached hydrogen (secondary N) is 3. The summed E-state index contributed by atoms with van der Waals surface area (Å²) in [7, 11) is 6.66. The van der Waals surface area contributed by atoms with Crippen LogP contribution >= 0.6 is 0 Å². The van der Waals surface area contributed by atoms with Crippen molar-refractivity contribution in [1.82, 2.24) is 16.0 Å². The fraction of sp³-hybridized carbons (Fsp3) is 0.782. The van der Waals surface area contributed by atoms with Crippen molar-refractivity contribution in [3.63, 3.8) is 0 Å². The topological polar surface area (TPSA) is 166 Å². The molecule has 3 amide bonds. The van der Waals surface area contributed by atoms with Crippen molar-refractivity contribution in [3.8, 4) is 0 Å². The van der Waals surface area contributed by atoms with Gasteiger partial charge >= 0.3 is 17.9 Å². The lowest BCUT2D eigenvalue weighted by molar-refractivity contribution is -0.870. The molecule has 3 atom stereocenters. The number of benzene rings is 1. The van der Waals surface area contributed by atoms with Crippen molar-refractivity contribution >= 4 is 35.6 Å². The second-order valence-corrected chi connectivity index (χ2v) is 20.1. The van der Waals surface area contributed by atoms with Gasteiger partial charge in [-0.25, -0.2) is 9.59 Å². The quantitative estimate of drug-likeness (QED) is 0.0250. The van der Waals surface area contributed by atoms with Crippen LogP contribution in [0.2, 0.25) is 0 Å². The normalized spacial score (nSPS) is 12.7. The van der Waals surface area contributed by atoms with Crippen LogP contribution in [0, 0.1) is 6.92 Å². The second kappa shape index (κ2) is 39.8. The first-order chi connectivity index (χ1) is 32.6. The van der Waals surface area contributed by atoms with Gasteiger partial charge < -0.3 is 34.6 Å². The Morgan fingerprint density at radius 1 is 0.500 bits per heavy atom. The van der Waals surface area contributed by atoms with E-state index in [0.717, 1.165) is 106 Å². The molecule has 13 nitrogen and oxygen atoms in total. The van der Waals surface area contributed by atoms with E-state index < -0.39 is 41.9 Å². The fourth-order valence-electron chi connectivity index (χ4n) is 7.85. The molecule has 1 aromatic rings. The summed E-state index contributed by atoms with van der Waals surface area (Å²) in [6.45, 7) is 9.40. The third kappa shape index (κ3) is 35.2. The molecule has 0 radical (unpaired) electrons. The number of hydrogen-bond acceptors (Lipinski definition) is 9. The van der Waals surface area contributed by atoms with Crippen LogP contribution in [0.4, 0.5) is 0 Å². The lowest BCUT2D eigenvalue weighted by Gasteiger charge is -2.23. The van der Waals surface area contributed by atoms with E-state index in [4.69, 9.17) is 14.2 Å². The van der Waals surface area contributed by atoms with Crippen LogP contribution in [0.3, 0.4) is 0 Å². The summed E-state index contributed by atoms with van der Waals surface area (Å²) in [5, 5.41) is 8.07. The Morgan fingerprint density at radius 3 is 1.44 bits per heavy atom. The average Bonchev–Trinajstić information content (AvgIpc) is 3.29. The minimum Gasteiger partial charge on any atom is -0.466 e. The Kier molecular flexibility index (Phi) is 36.3. The van der Waals surface area contributed by atoms with Crippen molar-refractivity contribution < 1.29 is 47.5 Å². The first kappa shape index (κ1) is 62.0. The van der Waals surface area contributed by atoms with Gasteiger partial charge in [-0.1, -0.05) is 153 Å². The van der Waals surface area contributed by atoms with Crippen molar-refractivity contribution in [3.05, 3.63) is 35.4 Å². The van der Waals surface area contributed by atoms with Crippen LogP contribution in [-0.4, -0.2) is 106 Å². The molecular formula is C55H97N4O9+. The molecule has 0 saturated heterocycles. The van der Waals surface area contributed by atoms with Crippen LogP contribution in [0.15, 0.2) is 24.3 Å². The summed E-state index contributed by atoms with van der Waals surface area (Å²) >= 11 is 0. The zero-order valence-corrected chi connectivity index (χ0v) is 44.0. The monoisotopic (exact) mass is 958 g/mol. The maximum Gasteiger partial charge on any atom is 0.338 e. The third-order valence-electron chi connectivity index (χ3n) is 12.3. The summed E-state index contributed by atoms with van der Waals surface area (Å²) in [5.74, 6) is -2.68. The highest BCUT2D eigenvalue weighted by Gasteiger charge is 2.28. The van der Waals surface area contributed by atoms with Gasteiger partial charge in [0.05, 0.1) is 53.1 Å².